The zero-order valence-electron chi connectivity index (χ0n) is 21.9. The third kappa shape index (κ3) is 8.20. The fourth-order valence-corrected chi connectivity index (χ4v) is 3.64. The first-order chi connectivity index (χ1) is 18.9. The van der Waals surface area contributed by atoms with Crippen molar-refractivity contribution in [2.45, 2.75) is 20.5 Å². The summed E-state index contributed by atoms with van der Waals surface area (Å²) in [6, 6.07) is 19.5. The number of ether oxygens (including phenoxy) is 1. The zero-order chi connectivity index (χ0) is 28.2. The lowest BCUT2D eigenvalue weighted by molar-refractivity contribution is -0.114. The second-order valence-corrected chi connectivity index (χ2v) is 8.68. The monoisotopic (exact) mass is 570 g/mol. The Balaban J connectivity index is 1.77. The molecular formula is C28H28Cl2N4O5. The molecule has 0 saturated heterocycles. The fraction of sp³-hybridized carbons (Fsp3) is 0.214. The third-order valence-corrected chi connectivity index (χ3v) is 5.94. The van der Waals surface area contributed by atoms with Crippen molar-refractivity contribution in [3.05, 3.63) is 93.5 Å². The van der Waals surface area contributed by atoms with Crippen LogP contribution in [0.2, 0.25) is 10.0 Å². The van der Waals surface area contributed by atoms with Gasteiger partial charge in [0, 0.05) is 29.8 Å². The van der Waals surface area contributed by atoms with Gasteiger partial charge in [0.2, 0.25) is 0 Å². The van der Waals surface area contributed by atoms with Crippen molar-refractivity contribution >= 4 is 46.2 Å². The first-order valence-electron chi connectivity index (χ1n) is 11.9. The molecule has 1 N–H and O–H groups in total. The van der Waals surface area contributed by atoms with Crippen LogP contribution in [0.25, 0.3) is 0 Å². The van der Waals surface area contributed by atoms with E-state index in [0.717, 1.165) is 5.56 Å². The molecular weight excluding hydrogens is 543 g/mol. The molecule has 0 bridgehead atoms. The van der Waals surface area contributed by atoms with Crippen molar-refractivity contribution in [3.63, 3.8) is 0 Å². The van der Waals surface area contributed by atoms with E-state index in [4.69, 9.17) is 42.5 Å². The van der Waals surface area contributed by atoms with Crippen LogP contribution in [-0.4, -0.2) is 43.8 Å². The standard InChI is InChI=1S/C28H28Cl2N4O5/c1-5-37-34-26(19-10-12-21(13-11-19)39-22-14-15-24(29)25(30)16-22)18(2)32-38-17-20-8-6-7-9-23(20)27(33-36-4)28(35)31-3/h6-16H,5,17H2,1-4H3,(H,31,35). The molecule has 0 atom stereocenters. The highest BCUT2D eigenvalue weighted by molar-refractivity contribution is 6.47. The quantitative estimate of drug-likeness (QED) is 0.206. The van der Waals surface area contributed by atoms with Crippen LogP contribution >= 0.6 is 23.2 Å². The lowest BCUT2D eigenvalue weighted by atomic mass is 10.0. The average molecular weight is 571 g/mol. The lowest BCUT2D eigenvalue weighted by Gasteiger charge is -2.11. The summed E-state index contributed by atoms with van der Waals surface area (Å²) in [5.74, 6) is 0.767. The molecule has 0 aromatic heterocycles. The van der Waals surface area contributed by atoms with E-state index in [0.29, 0.717) is 50.7 Å². The zero-order valence-corrected chi connectivity index (χ0v) is 23.4. The Hall–Kier alpha value is -4.08. The van der Waals surface area contributed by atoms with Crippen LogP contribution < -0.4 is 10.1 Å². The molecule has 0 saturated carbocycles. The van der Waals surface area contributed by atoms with Crippen molar-refractivity contribution in [3.8, 4) is 11.5 Å². The van der Waals surface area contributed by atoms with Crippen LogP contribution in [0.15, 0.2) is 82.2 Å². The average Bonchev–Trinajstić information content (AvgIpc) is 2.95. The van der Waals surface area contributed by atoms with Crippen molar-refractivity contribution in [2.75, 3.05) is 20.8 Å². The number of hydrogen-bond acceptors (Lipinski definition) is 8. The minimum Gasteiger partial charge on any atom is -0.457 e. The predicted molar refractivity (Wildman–Crippen MR) is 153 cm³/mol. The van der Waals surface area contributed by atoms with Gasteiger partial charge in [0.15, 0.2) is 5.71 Å². The van der Waals surface area contributed by atoms with Gasteiger partial charge in [-0.05, 0) is 50.2 Å². The smallest absolute Gasteiger partial charge is 0.273 e. The first-order valence-corrected chi connectivity index (χ1v) is 12.6. The molecule has 11 heteroatoms. The van der Waals surface area contributed by atoms with Crippen LogP contribution in [-0.2, 0) is 25.9 Å². The first kappa shape index (κ1) is 29.5. The number of nitrogens with zero attached hydrogens (tertiary/aromatic N) is 3. The fourth-order valence-electron chi connectivity index (χ4n) is 3.36. The number of carbonyl (C=O) groups excluding carboxylic acids is 1. The van der Waals surface area contributed by atoms with Gasteiger partial charge in [-0.2, -0.15) is 0 Å². The number of carbonyl (C=O) groups is 1. The van der Waals surface area contributed by atoms with Gasteiger partial charge in [0.25, 0.3) is 5.91 Å². The molecule has 0 aliphatic heterocycles. The normalized spacial score (nSPS) is 12.1. The SMILES string of the molecule is CCON=C(C(C)=NOCc1ccccc1C(=NOC)C(=O)NC)c1ccc(Oc2ccc(Cl)c(Cl)c2)cc1. The summed E-state index contributed by atoms with van der Waals surface area (Å²) < 4.78 is 5.86. The predicted octanol–water partition coefficient (Wildman–Crippen LogP) is 6.22. The van der Waals surface area contributed by atoms with Crippen LogP contribution in [0.5, 0.6) is 11.5 Å². The highest BCUT2D eigenvalue weighted by Gasteiger charge is 2.18. The molecule has 0 aliphatic carbocycles. The summed E-state index contributed by atoms with van der Waals surface area (Å²) in [4.78, 5) is 28.1. The van der Waals surface area contributed by atoms with Gasteiger partial charge in [-0.3, -0.25) is 4.79 Å². The van der Waals surface area contributed by atoms with Gasteiger partial charge < -0.3 is 24.6 Å². The highest BCUT2D eigenvalue weighted by Crippen LogP contribution is 2.29. The van der Waals surface area contributed by atoms with Crippen molar-refractivity contribution in [1.82, 2.24) is 5.32 Å². The van der Waals surface area contributed by atoms with E-state index in [1.807, 2.05) is 31.2 Å². The molecule has 3 aromatic rings. The maximum atomic E-state index is 12.3. The number of likely N-dealkylation sites (N-methyl/N-ethyl adjacent to an activating group) is 1. The molecule has 1 amide bonds. The van der Waals surface area contributed by atoms with E-state index in [1.165, 1.54) is 14.2 Å². The molecule has 0 unspecified atom stereocenters. The molecule has 0 radical (unpaired) electrons. The van der Waals surface area contributed by atoms with Crippen LogP contribution in [0.1, 0.15) is 30.5 Å². The number of hydrogen-bond donors (Lipinski definition) is 1. The van der Waals surface area contributed by atoms with Gasteiger partial charge in [-0.25, -0.2) is 0 Å². The molecule has 0 spiro atoms. The van der Waals surface area contributed by atoms with E-state index in [2.05, 4.69) is 20.8 Å². The van der Waals surface area contributed by atoms with Crippen LogP contribution in [0, 0.1) is 0 Å². The summed E-state index contributed by atoms with van der Waals surface area (Å²) >= 11 is 12.0. The molecule has 3 rings (SSSR count). The molecule has 0 heterocycles. The molecule has 3 aromatic carbocycles. The molecule has 0 aliphatic rings. The van der Waals surface area contributed by atoms with E-state index in [1.54, 1.807) is 49.4 Å². The molecule has 204 valence electrons. The van der Waals surface area contributed by atoms with E-state index < -0.39 is 0 Å². The number of nitrogens with one attached hydrogen (secondary N) is 1. The maximum absolute atomic E-state index is 12.3. The Morgan fingerprint density at radius 2 is 1.59 bits per heavy atom. The van der Waals surface area contributed by atoms with Crippen LogP contribution in [0.3, 0.4) is 0 Å². The summed E-state index contributed by atoms with van der Waals surface area (Å²) in [6.07, 6.45) is 0. The maximum Gasteiger partial charge on any atom is 0.273 e. The minimum atomic E-state index is -0.387. The minimum absolute atomic E-state index is 0.0750. The molecule has 39 heavy (non-hydrogen) atoms. The summed E-state index contributed by atoms with van der Waals surface area (Å²) in [7, 11) is 2.90. The third-order valence-electron chi connectivity index (χ3n) is 5.20. The van der Waals surface area contributed by atoms with Gasteiger partial charge >= 0.3 is 0 Å². The van der Waals surface area contributed by atoms with Gasteiger partial charge in [-0.15, -0.1) is 0 Å². The second kappa shape index (κ2) is 14.8. The van der Waals surface area contributed by atoms with Crippen molar-refractivity contribution in [1.29, 1.82) is 0 Å². The number of benzene rings is 3. The number of oxime groups is 3. The van der Waals surface area contributed by atoms with Gasteiger partial charge in [0.1, 0.15) is 43.2 Å². The van der Waals surface area contributed by atoms with E-state index >= 15 is 0 Å². The Morgan fingerprint density at radius 3 is 2.26 bits per heavy atom. The Morgan fingerprint density at radius 1 is 0.872 bits per heavy atom. The number of amides is 1. The molecule has 9 nitrogen and oxygen atoms in total. The van der Waals surface area contributed by atoms with E-state index in [-0.39, 0.29) is 18.2 Å². The van der Waals surface area contributed by atoms with Crippen LogP contribution in [0.4, 0.5) is 0 Å². The summed E-state index contributed by atoms with van der Waals surface area (Å²) in [6.45, 7) is 4.04. The number of halogens is 2. The lowest BCUT2D eigenvalue weighted by Crippen LogP contribution is -2.29. The van der Waals surface area contributed by atoms with Gasteiger partial charge in [0.05, 0.1) is 10.0 Å². The van der Waals surface area contributed by atoms with E-state index in [9.17, 15) is 4.79 Å². The summed E-state index contributed by atoms with van der Waals surface area (Å²) in [5, 5.41) is 15.7. The molecule has 0 fully saturated rings. The Labute approximate surface area is 237 Å². The topological polar surface area (TPSA) is 103 Å². The Bertz CT molecular complexity index is 1370. The van der Waals surface area contributed by atoms with Crippen molar-refractivity contribution in [2.24, 2.45) is 15.5 Å². The second-order valence-electron chi connectivity index (χ2n) is 7.87. The Kier molecular flexibility index (Phi) is 11.1. The largest absolute Gasteiger partial charge is 0.457 e. The number of rotatable bonds is 12. The van der Waals surface area contributed by atoms with Crippen molar-refractivity contribution < 1.29 is 24.0 Å². The highest BCUT2D eigenvalue weighted by atomic mass is 35.5. The van der Waals surface area contributed by atoms with Gasteiger partial charge in [-0.1, -0.05) is 62.9 Å². The summed E-state index contributed by atoms with van der Waals surface area (Å²) in [5.41, 5.74) is 3.09.